The molecule has 24 heavy (non-hydrogen) atoms. The second-order valence-corrected chi connectivity index (χ2v) is 7.70. The average Bonchev–Trinajstić information content (AvgIpc) is 2.51. The fourth-order valence-corrected chi connectivity index (χ4v) is 2.79. The first-order chi connectivity index (χ1) is 11.3. The predicted molar refractivity (Wildman–Crippen MR) is 104 cm³/mol. The Hall–Kier alpha value is -1.28. The van der Waals surface area contributed by atoms with E-state index >= 15 is 0 Å². The molecule has 0 bridgehead atoms. The molecule has 0 aromatic heterocycles. The lowest BCUT2D eigenvalue weighted by Gasteiger charge is -2.23. The minimum atomic E-state index is 0.168. The van der Waals surface area contributed by atoms with Gasteiger partial charge in [0.1, 0.15) is 5.75 Å². The highest BCUT2D eigenvalue weighted by atomic mass is 16.5. The van der Waals surface area contributed by atoms with Gasteiger partial charge in [0, 0.05) is 6.61 Å². The van der Waals surface area contributed by atoms with Crippen molar-refractivity contribution in [2.24, 2.45) is 0 Å². The molecule has 0 unspecified atom stereocenters. The lowest BCUT2D eigenvalue weighted by molar-refractivity contribution is 0.0762. The van der Waals surface area contributed by atoms with Crippen LogP contribution in [-0.2, 0) is 16.6 Å². The molecule has 0 aliphatic carbocycles. The van der Waals surface area contributed by atoms with Gasteiger partial charge in [-0.15, -0.1) is 0 Å². The van der Waals surface area contributed by atoms with E-state index in [2.05, 4.69) is 65.0 Å². The first-order valence-corrected chi connectivity index (χ1v) is 9.28. The first-order valence-electron chi connectivity index (χ1n) is 9.28. The Morgan fingerprint density at radius 3 is 2.38 bits per heavy atom. The highest BCUT2D eigenvalue weighted by Crippen LogP contribution is 2.29. The van der Waals surface area contributed by atoms with Crippen molar-refractivity contribution in [3.8, 4) is 5.75 Å². The van der Waals surface area contributed by atoms with Crippen molar-refractivity contribution in [1.29, 1.82) is 0 Å². The highest BCUT2D eigenvalue weighted by Gasteiger charge is 2.17. The van der Waals surface area contributed by atoms with E-state index in [9.17, 15) is 0 Å². The fraction of sp³-hybridized carbons (Fsp3) is 0.636. The van der Waals surface area contributed by atoms with Crippen molar-refractivity contribution in [2.45, 2.75) is 78.2 Å². The summed E-state index contributed by atoms with van der Waals surface area (Å²) in [6.45, 7) is 11.9. The van der Waals surface area contributed by atoms with Gasteiger partial charge in [0.05, 0.1) is 13.2 Å². The van der Waals surface area contributed by atoms with Crippen LogP contribution in [0, 0.1) is 0 Å². The molecule has 1 rings (SSSR count). The summed E-state index contributed by atoms with van der Waals surface area (Å²) in [5.41, 5.74) is 2.99. The molecule has 0 atom stereocenters. The van der Waals surface area contributed by atoms with Crippen molar-refractivity contribution in [2.75, 3.05) is 13.7 Å². The van der Waals surface area contributed by atoms with Gasteiger partial charge in [-0.25, -0.2) is 0 Å². The van der Waals surface area contributed by atoms with Crippen LogP contribution in [0.4, 0.5) is 0 Å². The molecule has 0 aliphatic rings. The number of methoxy groups -OCH3 is 1. The molecule has 0 amide bonds. The van der Waals surface area contributed by atoms with Crippen LogP contribution >= 0.6 is 0 Å². The largest absolute Gasteiger partial charge is 0.497 e. The Balaban J connectivity index is 2.42. The number of allylic oxidation sites excluding steroid dienone is 2. The van der Waals surface area contributed by atoms with Gasteiger partial charge in [-0.05, 0) is 74.6 Å². The molecule has 1 aromatic rings. The zero-order chi connectivity index (χ0) is 18.0. The molecule has 136 valence electrons. The van der Waals surface area contributed by atoms with E-state index < -0.39 is 0 Å². The quantitative estimate of drug-likeness (QED) is 0.382. The number of unbranched alkanes of at least 4 members (excludes halogenated alkanes) is 2. The predicted octanol–water partition coefficient (Wildman–Crippen LogP) is 6.08. The highest BCUT2D eigenvalue weighted by molar-refractivity contribution is 5.39. The first kappa shape index (κ1) is 20.8. The third-order valence-electron chi connectivity index (χ3n) is 4.08. The SMILES string of the molecule is COc1ccc(C(C)(C)C)c(CCC=CCCCCOC(C)C)c1. The summed E-state index contributed by atoms with van der Waals surface area (Å²) in [6, 6.07) is 6.48. The average molecular weight is 333 g/mol. The number of hydrogen-bond acceptors (Lipinski definition) is 2. The second-order valence-electron chi connectivity index (χ2n) is 7.70. The van der Waals surface area contributed by atoms with Crippen molar-refractivity contribution in [3.05, 3.63) is 41.5 Å². The molecule has 0 saturated carbocycles. The van der Waals surface area contributed by atoms with Gasteiger partial charge >= 0.3 is 0 Å². The molecule has 0 N–H and O–H groups in total. The number of aryl methyl sites for hydroxylation is 1. The summed E-state index contributed by atoms with van der Waals surface area (Å²) in [5.74, 6) is 0.951. The third kappa shape index (κ3) is 8.01. The van der Waals surface area contributed by atoms with Crippen LogP contribution in [0.1, 0.15) is 71.4 Å². The normalized spacial score (nSPS) is 12.3. The zero-order valence-corrected chi connectivity index (χ0v) is 16.5. The number of ether oxygens (including phenoxy) is 2. The third-order valence-corrected chi connectivity index (χ3v) is 4.08. The molecular weight excluding hydrogens is 296 g/mol. The van der Waals surface area contributed by atoms with E-state index in [1.165, 1.54) is 17.5 Å². The van der Waals surface area contributed by atoms with E-state index in [1.807, 2.05) is 0 Å². The molecule has 0 radical (unpaired) electrons. The van der Waals surface area contributed by atoms with Gasteiger partial charge < -0.3 is 9.47 Å². The Kier molecular flexibility index (Phi) is 9.13. The fourth-order valence-electron chi connectivity index (χ4n) is 2.79. The summed E-state index contributed by atoms with van der Waals surface area (Å²) in [7, 11) is 1.73. The molecule has 2 heteroatoms. The minimum Gasteiger partial charge on any atom is -0.497 e. The van der Waals surface area contributed by atoms with E-state index in [4.69, 9.17) is 9.47 Å². The smallest absolute Gasteiger partial charge is 0.119 e. The molecule has 0 saturated heterocycles. The van der Waals surface area contributed by atoms with Gasteiger partial charge in [0.25, 0.3) is 0 Å². The number of hydrogen-bond donors (Lipinski definition) is 0. The molecular formula is C22H36O2. The van der Waals surface area contributed by atoms with Crippen LogP contribution in [0.2, 0.25) is 0 Å². The molecule has 1 aromatic carbocycles. The van der Waals surface area contributed by atoms with Crippen LogP contribution in [0.3, 0.4) is 0 Å². The van der Waals surface area contributed by atoms with Crippen LogP contribution in [0.5, 0.6) is 5.75 Å². The molecule has 2 nitrogen and oxygen atoms in total. The molecule has 0 heterocycles. The lowest BCUT2D eigenvalue weighted by atomic mass is 9.82. The van der Waals surface area contributed by atoms with E-state index in [0.717, 1.165) is 38.0 Å². The maximum atomic E-state index is 5.56. The van der Waals surface area contributed by atoms with E-state index in [-0.39, 0.29) is 5.41 Å². The second kappa shape index (κ2) is 10.6. The van der Waals surface area contributed by atoms with Crippen molar-refractivity contribution < 1.29 is 9.47 Å². The van der Waals surface area contributed by atoms with Crippen molar-refractivity contribution >= 4 is 0 Å². The van der Waals surface area contributed by atoms with Gasteiger partial charge in [-0.2, -0.15) is 0 Å². The van der Waals surface area contributed by atoms with Crippen molar-refractivity contribution in [1.82, 2.24) is 0 Å². The Labute approximate surface area is 149 Å². The number of benzene rings is 1. The van der Waals surface area contributed by atoms with E-state index in [0.29, 0.717) is 6.10 Å². The number of rotatable bonds is 10. The Bertz CT molecular complexity index is 495. The summed E-state index contributed by atoms with van der Waals surface area (Å²) in [5, 5.41) is 0. The summed E-state index contributed by atoms with van der Waals surface area (Å²) < 4.78 is 11.0. The minimum absolute atomic E-state index is 0.168. The van der Waals surface area contributed by atoms with Gasteiger partial charge in [-0.1, -0.05) is 39.0 Å². The molecule has 0 aliphatic heterocycles. The summed E-state index contributed by atoms with van der Waals surface area (Å²) >= 11 is 0. The van der Waals surface area contributed by atoms with Gasteiger partial charge in [0.15, 0.2) is 0 Å². The topological polar surface area (TPSA) is 18.5 Å². The lowest BCUT2D eigenvalue weighted by Crippen LogP contribution is -2.14. The monoisotopic (exact) mass is 332 g/mol. The standard InChI is InChI=1S/C22H36O2/c1-18(2)24-16-12-10-8-7-9-11-13-19-17-20(23-6)14-15-21(19)22(3,4)5/h7,9,14-15,17-18H,8,10-13,16H2,1-6H3. The summed E-state index contributed by atoms with van der Waals surface area (Å²) in [6.07, 6.45) is 10.6. The van der Waals surface area contributed by atoms with E-state index in [1.54, 1.807) is 7.11 Å². The maximum absolute atomic E-state index is 5.56. The molecule has 0 spiro atoms. The van der Waals surface area contributed by atoms with Crippen LogP contribution in [-0.4, -0.2) is 19.8 Å². The summed E-state index contributed by atoms with van der Waals surface area (Å²) in [4.78, 5) is 0. The van der Waals surface area contributed by atoms with Gasteiger partial charge in [0.2, 0.25) is 0 Å². The van der Waals surface area contributed by atoms with Crippen molar-refractivity contribution in [3.63, 3.8) is 0 Å². The Morgan fingerprint density at radius 1 is 1.04 bits per heavy atom. The van der Waals surface area contributed by atoms with Crippen LogP contribution < -0.4 is 4.74 Å². The van der Waals surface area contributed by atoms with Crippen LogP contribution in [0.15, 0.2) is 30.4 Å². The zero-order valence-electron chi connectivity index (χ0n) is 16.5. The Morgan fingerprint density at radius 2 is 1.75 bits per heavy atom. The maximum Gasteiger partial charge on any atom is 0.119 e. The van der Waals surface area contributed by atoms with Gasteiger partial charge in [-0.3, -0.25) is 0 Å². The molecule has 0 fully saturated rings. The van der Waals surface area contributed by atoms with Crippen LogP contribution in [0.25, 0.3) is 0 Å².